The van der Waals surface area contributed by atoms with E-state index in [2.05, 4.69) is 15.9 Å². The Morgan fingerprint density at radius 2 is 2.21 bits per heavy atom. The predicted molar refractivity (Wildman–Crippen MR) is 56.4 cm³/mol. The van der Waals surface area contributed by atoms with Gasteiger partial charge < -0.3 is 10.2 Å². The summed E-state index contributed by atoms with van der Waals surface area (Å²) >= 11 is 3.17. The minimum absolute atomic E-state index is 0.0549. The zero-order valence-electron chi connectivity index (χ0n) is 7.70. The summed E-state index contributed by atoms with van der Waals surface area (Å²) in [5.74, 6) is -0.0327. The van der Waals surface area contributed by atoms with Crippen LogP contribution in [0.15, 0.2) is 18.2 Å². The summed E-state index contributed by atoms with van der Waals surface area (Å²) in [6, 6.07) is 4.69. The first kappa shape index (κ1) is 11.2. The van der Waals surface area contributed by atoms with Gasteiger partial charge in [-0.2, -0.15) is 0 Å². The Morgan fingerprint density at radius 3 is 2.71 bits per heavy atom. The van der Waals surface area contributed by atoms with Crippen LogP contribution >= 0.6 is 15.9 Å². The van der Waals surface area contributed by atoms with Crippen molar-refractivity contribution in [3.63, 3.8) is 0 Å². The summed E-state index contributed by atoms with van der Waals surface area (Å²) in [5, 5.41) is 18.4. The van der Waals surface area contributed by atoms with E-state index in [1.165, 1.54) is 13.0 Å². The molecule has 0 radical (unpaired) electrons. The average molecular weight is 259 g/mol. The van der Waals surface area contributed by atoms with Gasteiger partial charge in [-0.05, 0) is 24.6 Å². The Kier molecular flexibility index (Phi) is 3.66. The number of carbonyl (C=O) groups excluding carboxylic acids is 1. The molecule has 4 heteroatoms. The normalized spacial score (nSPS) is 12.5. The highest BCUT2D eigenvalue weighted by molar-refractivity contribution is 9.09. The predicted octanol–water partition coefficient (Wildman–Crippen LogP) is 1.91. The van der Waals surface area contributed by atoms with Gasteiger partial charge in [-0.25, -0.2) is 0 Å². The highest BCUT2D eigenvalue weighted by atomic mass is 79.9. The number of aliphatic hydroxyl groups excluding tert-OH is 1. The molecule has 0 saturated heterocycles. The zero-order valence-corrected chi connectivity index (χ0v) is 9.28. The number of carbonyl (C=O) groups is 1. The van der Waals surface area contributed by atoms with Crippen LogP contribution in [-0.4, -0.2) is 16.0 Å². The average Bonchev–Trinajstić information content (AvgIpc) is 2.17. The molecule has 0 heterocycles. The third-order valence-electron chi connectivity index (χ3n) is 1.90. The van der Waals surface area contributed by atoms with Crippen LogP contribution in [-0.2, 0) is 11.4 Å². The van der Waals surface area contributed by atoms with Crippen LogP contribution < -0.4 is 0 Å². The summed E-state index contributed by atoms with van der Waals surface area (Å²) in [6.07, 6.45) is 0. The summed E-state index contributed by atoms with van der Waals surface area (Å²) in [6.45, 7) is 1.33. The van der Waals surface area contributed by atoms with Crippen LogP contribution in [0.4, 0.5) is 0 Å². The van der Waals surface area contributed by atoms with E-state index in [9.17, 15) is 9.90 Å². The number of alkyl halides is 1. The van der Waals surface area contributed by atoms with E-state index in [0.29, 0.717) is 11.1 Å². The van der Waals surface area contributed by atoms with Crippen molar-refractivity contribution in [1.82, 2.24) is 0 Å². The van der Waals surface area contributed by atoms with Gasteiger partial charge in [0.2, 0.25) is 0 Å². The lowest BCUT2D eigenvalue weighted by molar-refractivity contribution is -0.116. The molecule has 0 aliphatic heterocycles. The minimum atomic E-state index is -0.519. The monoisotopic (exact) mass is 258 g/mol. The molecule has 0 amide bonds. The number of phenolic OH excluding ortho intramolecular Hbond substituents is 1. The van der Waals surface area contributed by atoms with Gasteiger partial charge >= 0.3 is 0 Å². The number of benzene rings is 1. The Morgan fingerprint density at radius 1 is 1.57 bits per heavy atom. The lowest BCUT2D eigenvalue weighted by Gasteiger charge is -2.09. The lowest BCUT2D eigenvalue weighted by Crippen LogP contribution is -2.02. The highest BCUT2D eigenvalue weighted by Gasteiger charge is 2.16. The van der Waals surface area contributed by atoms with Gasteiger partial charge in [0, 0.05) is 5.56 Å². The first-order chi connectivity index (χ1) is 6.56. The molecular weight excluding hydrogens is 248 g/mol. The van der Waals surface area contributed by atoms with Gasteiger partial charge in [0.1, 0.15) is 16.4 Å². The highest BCUT2D eigenvalue weighted by Crippen LogP contribution is 2.31. The molecule has 1 rings (SSSR count). The van der Waals surface area contributed by atoms with Crippen LogP contribution in [0.25, 0.3) is 0 Å². The summed E-state index contributed by atoms with van der Waals surface area (Å²) < 4.78 is 0. The fraction of sp³-hybridized carbons (Fsp3) is 0.300. The smallest absolute Gasteiger partial charge is 0.147 e. The van der Waals surface area contributed by atoms with Gasteiger partial charge in [0.05, 0.1) is 6.61 Å². The number of phenols is 1. The van der Waals surface area contributed by atoms with E-state index >= 15 is 0 Å². The van der Waals surface area contributed by atoms with Crippen LogP contribution in [0.5, 0.6) is 5.75 Å². The molecule has 76 valence electrons. The summed E-state index contributed by atoms with van der Waals surface area (Å²) in [4.78, 5) is 10.6. The summed E-state index contributed by atoms with van der Waals surface area (Å²) in [5.41, 5.74) is 1.16. The van der Waals surface area contributed by atoms with Gasteiger partial charge in [0.15, 0.2) is 0 Å². The van der Waals surface area contributed by atoms with Crippen LogP contribution in [0.2, 0.25) is 0 Å². The van der Waals surface area contributed by atoms with E-state index in [1.54, 1.807) is 12.1 Å². The number of Topliss-reactive ketones (excluding diaryl/α,β-unsaturated/α-hetero) is 1. The first-order valence-corrected chi connectivity index (χ1v) is 5.05. The molecule has 14 heavy (non-hydrogen) atoms. The van der Waals surface area contributed by atoms with Crippen LogP contribution in [0, 0.1) is 0 Å². The van der Waals surface area contributed by atoms with E-state index < -0.39 is 4.83 Å². The van der Waals surface area contributed by atoms with Crippen molar-refractivity contribution in [3.8, 4) is 5.75 Å². The van der Waals surface area contributed by atoms with Crippen molar-refractivity contribution in [2.45, 2.75) is 18.4 Å². The molecule has 0 aromatic heterocycles. The summed E-state index contributed by atoms with van der Waals surface area (Å²) in [7, 11) is 0. The molecule has 3 nitrogen and oxygen atoms in total. The van der Waals surface area contributed by atoms with Crippen molar-refractivity contribution in [2.24, 2.45) is 0 Å². The molecule has 1 aromatic carbocycles. The second-order valence-corrected chi connectivity index (χ2v) is 3.94. The number of ketones is 1. The van der Waals surface area contributed by atoms with E-state index in [-0.39, 0.29) is 18.1 Å². The van der Waals surface area contributed by atoms with E-state index in [0.717, 1.165) is 0 Å². The van der Waals surface area contributed by atoms with Crippen molar-refractivity contribution in [2.75, 3.05) is 0 Å². The molecule has 0 saturated carbocycles. The lowest BCUT2D eigenvalue weighted by atomic mass is 10.1. The Balaban J connectivity index is 3.11. The molecule has 1 aromatic rings. The van der Waals surface area contributed by atoms with Crippen LogP contribution in [0.3, 0.4) is 0 Å². The zero-order chi connectivity index (χ0) is 10.7. The SMILES string of the molecule is CC(=O)C(Br)c1cc(CO)ccc1O. The second-order valence-electron chi connectivity index (χ2n) is 3.02. The molecular formula is C10H11BrO3. The molecule has 0 aliphatic carbocycles. The van der Waals surface area contributed by atoms with Gasteiger partial charge in [-0.3, -0.25) is 4.79 Å². The van der Waals surface area contributed by atoms with Gasteiger partial charge in [-0.15, -0.1) is 0 Å². The molecule has 0 spiro atoms. The second kappa shape index (κ2) is 4.57. The van der Waals surface area contributed by atoms with Crippen molar-refractivity contribution in [3.05, 3.63) is 29.3 Å². The van der Waals surface area contributed by atoms with Gasteiger partial charge in [0.25, 0.3) is 0 Å². The molecule has 1 atom stereocenters. The number of hydrogen-bond donors (Lipinski definition) is 2. The van der Waals surface area contributed by atoms with Crippen molar-refractivity contribution in [1.29, 1.82) is 0 Å². The molecule has 0 aliphatic rings. The van der Waals surface area contributed by atoms with Gasteiger partial charge in [-0.1, -0.05) is 22.0 Å². The van der Waals surface area contributed by atoms with E-state index in [1.807, 2.05) is 0 Å². The third kappa shape index (κ3) is 2.33. The quantitative estimate of drug-likeness (QED) is 0.815. The molecule has 0 bridgehead atoms. The Hall–Kier alpha value is -0.870. The van der Waals surface area contributed by atoms with E-state index in [4.69, 9.17) is 5.11 Å². The Bertz CT molecular complexity index is 349. The molecule has 0 fully saturated rings. The number of aromatic hydroxyl groups is 1. The minimum Gasteiger partial charge on any atom is -0.508 e. The maximum atomic E-state index is 11.1. The fourth-order valence-electron chi connectivity index (χ4n) is 1.12. The number of halogens is 1. The number of aliphatic hydroxyl groups is 1. The third-order valence-corrected chi connectivity index (χ3v) is 3.04. The standard InChI is InChI=1S/C10H11BrO3/c1-6(13)10(11)8-4-7(5-12)2-3-9(8)14/h2-4,10,12,14H,5H2,1H3. The number of rotatable bonds is 3. The maximum Gasteiger partial charge on any atom is 0.147 e. The number of hydrogen-bond acceptors (Lipinski definition) is 3. The fourth-order valence-corrected chi connectivity index (χ4v) is 1.49. The van der Waals surface area contributed by atoms with Crippen molar-refractivity contribution < 1.29 is 15.0 Å². The molecule has 2 N–H and O–H groups in total. The van der Waals surface area contributed by atoms with Crippen molar-refractivity contribution >= 4 is 21.7 Å². The largest absolute Gasteiger partial charge is 0.508 e. The Labute approximate surface area is 90.5 Å². The first-order valence-electron chi connectivity index (χ1n) is 4.13. The van der Waals surface area contributed by atoms with Crippen LogP contribution in [0.1, 0.15) is 22.9 Å². The molecule has 1 unspecified atom stereocenters. The topological polar surface area (TPSA) is 57.5 Å². The maximum absolute atomic E-state index is 11.1.